The molecular formula is C28H24FN3O2. The van der Waals surface area contributed by atoms with Gasteiger partial charge in [-0.15, -0.1) is 0 Å². The summed E-state index contributed by atoms with van der Waals surface area (Å²) in [7, 11) is 0. The molecule has 2 aliphatic rings. The highest BCUT2D eigenvalue weighted by Gasteiger charge is 2.43. The molecule has 1 aliphatic carbocycles. The number of pyridine rings is 1. The molecule has 0 radical (unpaired) electrons. The lowest BCUT2D eigenvalue weighted by Crippen LogP contribution is -2.42. The number of carbonyl (C=O) groups excluding carboxylic acids is 1. The van der Waals surface area contributed by atoms with Gasteiger partial charge in [-0.25, -0.2) is 4.39 Å². The van der Waals surface area contributed by atoms with Crippen LogP contribution in [0.2, 0.25) is 0 Å². The summed E-state index contributed by atoms with van der Waals surface area (Å²) in [5.41, 5.74) is 4.51. The Hall–Kier alpha value is -4.06. The number of nitrogens with one attached hydrogen (secondary N) is 1. The van der Waals surface area contributed by atoms with E-state index in [9.17, 15) is 19.7 Å². The van der Waals surface area contributed by atoms with Crippen LogP contribution in [0, 0.1) is 18.2 Å². The average molecular weight is 454 g/mol. The van der Waals surface area contributed by atoms with Crippen LogP contribution in [0.1, 0.15) is 41.9 Å². The van der Waals surface area contributed by atoms with Gasteiger partial charge in [-0.3, -0.25) is 20.1 Å². The van der Waals surface area contributed by atoms with Crippen molar-refractivity contribution in [2.45, 2.75) is 32.1 Å². The summed E-state index contributed by atoms with van der Waals surface area (Å²) in [4.78, 5) is 19.3. The minimum atomic E-state index is -0.676. The standard InChI is InChI=1S/C28H24FN3O2/c1-17-7-9-19(10-8-17)27(34)26-24(18-11-13-20(29)14-12-18)25-22(5-2-6-23(25)33)32(28(26)30)21-4-3-15-31-16-21/h3-4,7-16,24,30,34H,2,5-6H2,1H3/b27-26+,30-28?. The molecule has 1 aromatic heterocycles. The molecule has 170 valence electrons. The number of rotatable bonds is 3. The normalized spacial score (nSPS) is 19.8. The summed E-state index contributed by atoms with van der Waals surface area (Å²) in [6.07, 6.45) is 5.00. The Balaban J connectivity index is 1.82. The summed E-state index contributed by atoms with van der Waals surface area (Å²) in [5.74, 6) is -1.08. The molecule has 2 heterocycles. The zero-order valence-corrected chi connectivity index (χ0v) is 18.8. The van der Waals surface area contributed by atoms with Crippen molar-refractivity contribution in [2.75, 3.05) is 4.90 Å². The first kappa shape index (κ1) is 21.8. The Morgan fingerprint density at radius 3 is 2.50 bits per heavy atom. The van der Waals surface area contributed by atoms with Crippen LogP contribution in [0.5, 0.6) is 0 Å². The molecule has 0 amide bonds. The highest BCUT2D eigenvalue weighted by atomic mass is 19.1. The second kappa shape index (κ2) is 8.71. The number of hydrogen-bond acceptors (Lipinski definition) is 4. The molecule has 3 aromatic rings. The minimum Gasteiger partial charge on any atom is -0.507 e. The van der Waals surface area contributed by atoms with Crippen LogP contribution in [0.25, 0.3) is 5.76 Å². The third-order valence-electron chi connectivity index (χ3n) is 6.44. The smallest absolute Gasteiger partial charge is 0.161 e. The Bertz CT molecular complexity index is 1330. The van der Waals surface area contributed by atoms with Crippen LogP contribution < -0.4 is 4.90 Å². The molecular weight excluding hydrogens is 429 g/mol. The van der Waals surface area contributed by atoms with E-state index in [1.807, 2.05) is 25.1 Å². The number of amidine groups is 1. The number of aliphatic hydroxyl groups excluding tert-OH is 1. The maximum Gasteiger partial charge on any atom is 0.161 e. The molecule has 0 spiro atoms. The summed E-state index contributed by atoms with van der Waals surface area (Å²) < 4.78 is 13.8. The summed E-state index contributed by atoms with van der Waals surface area (Å²) in [5, 5.41) is 20.8. The molecule has 2 N–H and O–H groups in total. The van der Waals surface area contributed by atoms with Gasteiger partial charge < -0.3 is 5.11 Å². The van der Waals surface area contributed by atoms with Gasteiger partial charge in [0.2, 0.25) is 0 Å². The molecule has 1 unspecified atom stereocenters. The van der Waals surface area contributed by atoms with Crippen LogP contribution in [0.3, 0.4) is 0 Å². The fourth-order valence-electron chi connectivity index (χ4n) is 4.82. The molecule has 0 saturated heterocycles. The number of aliphatic hydroxyl groups is 1. The number of hydrogen-bond donors (Lipinski definition) is 2. The lowest BCUT2D eigenvalue weighted by Gasteiger charge is -2.41. The van der Waals surface area contributed by atoms with Gasteiger partial charge in [-0.2, -0.15) is 0 Å². The number of benzene rings is 2. The highest BCUT2D eigenvalue weighted by Crippen LogP contribution is 2.47. The monoisotopic (exact) mass is 453 g/mol. The first-order valence-electron chi connectivity index (χ1n) is 11.3. The lowest BCUT2D eigenvalue weighted by molar-refractivity contribution is -0.116. The zero-order chi connectivity index (χ0) is 23.8. The van der Waals surface area contributed by atoms with E-state index in [2.05, 4.69) is 4.98 Å². The van der Waals surface area contributed by atoms with Crippen molar-refractivity contribution in [2.24, 2.45) is 0 Å². The summed E-state index contributed by atoms with van der Waals surface area (Å²) in [6.45, 7) is 1.96. The van der Waals surface area contributed by atoms with Crippen molar-refractivity contribution in [1.29, 1.82) is 5.41 Å². The molecule has 0 fully saturated rings. The van der Waals surface area contributed by atoms with Gasteiger partial charge in [0.05, 0.1) is 11.9 Å². The van der Waals surface area contributed by atoms with Crippen molar-refractivity contribution >= 4 is 23.1 Å². The third kappa shape index (κ3) is 3.71. The van der Waals surface area contributed by atoms with Crippen molar-refractivity contribution in [3.8, 4) is 0 Å². The Labute approximate surface area is 197 Å². The van der Waals surface area contributed by atoms with Gasteiger partial charge in [-0.05, 0) is 49.6 Å². The average Bonchev–Trinajstić information content (AvgIpc) is 2.85. The molecule has 2 aromatic carbocycles. The third-order valence-corrected chi connectivity index (χ3v) is 6.44. The minimum absolute atomic E-state index is 0.0221. The van der Waals surface area contributed by atoms with Crippen molar-refractivity contribution in [3.05, 3.63) is 112 Å². The van der Waals surface area contributed by atoms with Gasteiger partial charge in [0.15, 0.2) is 5.78 Å². The molecule has 1 aliphatic heterocycles. The summed E-state index contributed by atoms with van der Waals surface area (Å²) in [6, 6.07) is 16.9. The van der Waals surface area contributed by atoms with E-state index in [0.717, 1.165) is 11.3 Å². The number of aryl methyl sites for hydroxylation is 1. The predicted molar refractivity (Wildman–Crippen MR) is 130 cm³/mol. The zero-order valence-electron chi connectivity index (χ0n) is 18.8. The van der Waals surface area contributed by atoms with Crippen LogP contribution in [-0.4, -0.2) is 21.7 Å². The number of anilines is 1. The molecule has 34 heavy (non-hydrogen) atoms. The van der Waals surface area contributed by atoms with Gasteiger partial charge in [0, 0.05) is 40.9 Å². The lowest BCUT2D eigenvalue weighted by atomic mass is 9.73. The van der Waals surface area contributed by atoms with Gasteiger partial charge in [0.1, 0.15) is 17.4 Å². The molecule has 6 heteroatoms. The van der Waals surface area contributed by atoms with Gasteiger partial charge in [0.25, 0.3) is 0 Å². The van der Waals surface area contributed by atoms with Crippen molar-refractivity contribution in [1.82, 2.24) is 4.98 Å². The van der Waals surface area contributed by atoms with E-state index >= 15 is 0 Å². The number of aromatic nitrogens is 1. The van der Waals surface area contributed by atoms with Crippen LogP contribution >= 0.6 is 0 Å². The van der Waals surface area contributed by atoms with E-state index in [1.54, 1.807) is 47.6 Å². The number of carbonyl (C=O) groups is 1. The molecule has 5 nitrogen and oxygen atoms in total. The maximum atomic E-state index is 13.8. The first-order valence-corrected chi connectivity index (χ1v) is 11.3. The largest absolute Gasteiger partial charge is 0.507 e. The second-order valence-corrected chi connectivity index (χ2v) is 8.65. The van der Waals surface area contributed by atoms with E-state index < -0.39 is 5.92 Å². The van der Waals surface area contributed by atoms with Crippen LogP contribution in [0.4, 0.5) is 10.1 Å². The highest BCUT2D eigenvalue weighted by molar-refractivity contribution is 6.19. The number of Topliss-reactive ketones (excluding diaryl/α,β-unsaturated/α-hetero) is 1. The number of ketones is 1. The fourth-order valence-corrected chi connectivity index (χ4v) is 4.82. The molecule has 0 bridgehead atoms. The predicted octanol–water partition coefficient (Wildman–Crippen LogP) is 6.09. The Morgan fingerprint density at radius 2 is 1.82 bits per heavy atom. The number of halogens is 1. The van der Waals surface area contributed by atoms with Crippen molar-refractivity contribution < 1.29 is 14.3 Å². The summed E-state index contributed by atoms with van der Waals surface area (Å²) >= 11 is 0. The van der Waals surface area contributed by atoms with E-state index in [0.29, 0.717) is 47.2 Å². The van der Waals surface area contributed by atoms with Crippen LogP contribution in [0.15, 0.2) is 89.9 Å². The molecule has 5 rings (SSSR count). The Kier molecular flexibility index (Phi) is 5.57. The van der Waals surface area contributed by atoms with E-state index in [-0.39, 0.29) is 23.2 Å². The second-order valence-electron chi connectivity index (χ2n) is 8.65. The van der Waals surface area contributed by atoms with Gasteiger partial charge in [-0.1, -0.05) is 42.0 Å². The fraction of sp³-hybridized carbons (Fsp3) is 0.179. The number of allylic oxidation sites excluding steroid dienone is 2. The molecule has 0 saturated carbocycles. The van der Waals surface area contributed by atoms with Crippen LogP contribution in [-0.2, 0) is 4.79 Å². The van der Waals surface area contributed by atoms with E-state index in [1.165, 1.54) is 12.1 Å². The maximum absolute atomic E-state index is 13.8. The molecule has 1 atom stereocenters. The SMILES string of the molecule is Cc1ccc(/C(O)=C2\C(=N)N(c3cccnc3)C3=C(C(=O)CCC3)C2c2ccc(F)cc2)cc1. The topological polar surface area (TPSA) is 77.3 Å². The number of nitrogens with zero attached hydrogens (tertiary/aromatic N) is 2. The quantitative estimate of drug-likeness (QED) is 0.471. The first-order chi connectivity index (χ1) is 16.5. The Morgan fingerprint density at radius 1 is 1.09 bits per heavy atom. The van der Waals surface area contributed by atoms with E-state index in [4.69, 9.17) is 0 Å². The van der Waals surface area contributed by atoms with Crippen molar-refractivity contribution in [3.63, 3.8) is 0 Å². The van der Waals surface area contributed by atoms with Gasteiger partial charge >= 0.3 is 0 Å².